The van der Waals surface area contributed by atoms with E-state index in [1.165, 1.54) is 70.9 Å². The lowest BCUT2D eigenvalue weighted by molar-refractivity contribution is 1.20. The summed E-state index contributed by atoms with van der Waals surface area (Å²) in [6, 6.07) is 57.2. The Morgan fingerprint density at radius 1 is 0.241 bits per heavy atom. The number of pyridine rings is 7. The molecule has 0 bridgehead atoms. The highest BCUT2D eigenvalue weighted by Gasteiger charge is 1.97. The lowest BCUT2D eigenvalue weighted by Crippen LogP contribution is -1.80. The second kappa shape index (κ2) is 50.4. The topological polar surface area (TPSA) is 90.2 Å². The van der Waals surface area contributed by atoms with Crippen LogP contribution in [0.2, 0.25) is 0 Å². The van der Waals surface area contributed by atoms with Crippen LogP contribution in [0.5, 0.6) is 0 Å². The van der Waals surface area contributed by atoms with Crippen LogP contribution in [0.15, 0.2) is 232 Å². The van der Waals surface area contributed by atoms with Crippen molar-refractivity contribution >= 4 is 54.1 Å². The van der Waals surface area contributed by atoms with Crippen molar-refractivity contribution in [3.05, 3.63) is 271 Å². The monoisotopic (exact) mass is 1110 g/mol. The van der Waals surface area contributed by atoms with Gasteiger partial charge in [-0.2, -0.15) is 0 Å². The lowest BCUT2D eigenvalue weighted by atomic mass is 10.1. The molecule has 12 aromatic rings. The maximum atomic E-state index is 4.28. The largest absolute Gasteiger partial charge is 0.264 e. The van der Waals surface area contributed by atoms with Gasteiger partial charge < -0.3 is 0 Å². The summed E-state index contributed by atoms with van der Waals surface area (Å²) < 4.78 is 0. The summed E-state index contributed by atoms with van der Waals surface area (Å²) in [6.07, 6.45) is 18.3. The van der Waals surface area contributed by atoms with Crippen molar-refractivity contribution in [2.45, 2.75) is 145 Å². The number of fused-ring (bicyclic) bond motifs is 5. The number of rotatable bonds is 0. The molecule has 0 aliphatic carbocycles. The minimum absolute atomic E-state index is 1.07. The molecule has 0 saturated carbocycles. The third-order valence-corrected chi connectivity index (χ3v) is 11.0. The molecule has 0 radical (unpaired) electrons. The number of hydrogen-bond donors (Lipinski definition) is 0. The van der Waals surface area contributed by atoms with Gasteiger partial charge in [0.15, 0.2) is 0 Å². The van der Waals surface area contributed by atoms with Gasteiger partial charge in [0.05, 0.1) is 11.0 Å². The Kier molecular flexibility index (Phi) is 46.5. The van der Waals surface area contributed by atoms with Gasteiger partial charge in [-0.1, -0.05) is 212 Å². The molecule has 7 heteroatoms. The number of nitrogens with zero attached hydrogens (tertiary/aromatic N) is 7. The van der Waals surface area contributed by atoms with Crippen molar-refractivity contribution in [1.82, 2.24) is 34.9 Å². The van der Waals surface area contributed by atoms with Gasteiger partial charge >= 0.3 is 0 Å². The van der Waals surface area contributed by atoms with E-state index in [-0.39, 0.29) is 0 Å². The molecule has 12 rings (SSSR count). The first-order valence-electron chi connectivity index (χ1n) is 29.9. The molecule has 0 spiro atoms. The van der Waals surface area contributed by atoms with E-state index in [9.17, 15) is 0 Å². The molecule has 7 aromatic heterocycles. The summed E-state index contributed by atoms with van der Waals surface area (Å²) in [5.74, 6) is 0. The zero-order valence-electron chi connectivity index (χ0n) is 54.6. The number of aryl methyl sites for hydroxylation is 7. The molecule has 0 aliphatic heterocycles. The quantitative estimate of drug-likeness (QED) is 0.149. The highest BCUT2D eigenvalue weighted by atomic mass is 14.7. The fourth-order valence-electron chi connectivity index (χ4n) is 7.23. The zero-order chi connectivity index (χ0) is 62.6. The first-order valence-corrected chi connectivity index (χ1v) is 29.9. The van der Waals surface area contributed by atoms with E-state index in [2.05, 4.69) is 148 Å². The molecule has 0 saturated heterocycles. The zero-order valence-corrected chi connectivity index (χ0v) is 54.6. The van der Waals surface area contributed by atoms with Crippen LogP contribution in [0.25, 0.3) is 54.1 Å². The number of hydrogen-bond acceptors (Lipinski definition) is 7. The van der Waals surface area contributed by atoms with Gasteiger partial charge in [-0.25, -0.2) is 0 Å². The van der Waals surface area contributed by atoms with Crippen molar-refractivity contribution in [3.63, 3.8) is 0 Å². The Bertz CT molecular complexity index is 2920. The van der Waals surface area contributed by atoms with Crippen LogP contribution in [0.4, 0.5) is 0 Å². The maximum absolute atomic E-state index is 4.28. The van der Waals surface area contributed by atoms with E-state index in [0.29, 0.717) is 0 Å². The van der Waals surface area contributed by atoms with E-state index in [4.69, 9.17) is 0 Å². The first kappa shape index (κ1) is 76.5. The Balaban J connectivity index is 0. The van der Waals surface area contributed by atoms with Crippen LogP contribution < -0.4 is 0 Å². The van der Waals surface area contributed by atoms with Gasteiger partial charge in [0, 0.05) is 100 Å². The smallest absolute Gasteiger partial charge is 0.0731 e. The molecule has 0 atom stereocenters. The third-order valence-electron chi connectivity index (χ3n) is 11.0. The fraction of sp³-hybridized carbons (Fsp3) is 0.276. The molecule has 7 nitrogen and oxygen atoms in total. The molecular formula is C76H101N7. The van der Waals surface area contributed by atoms with E-state index in [0.717, 1.165) is 22.4 Å². The summed E-state index contributed by atoms with van der Waals surface area (Å²) in [7, 11) is 0. The molecule has 5 aromatic carbocycles. The van der Waals surface area contributed by atoms with E-state index in [1.807, 2.05) is 252 Å². The number of benzene rings is 5. The highest BCUT2D eigenvalue weighted by molar-refractivity contribution is 5.86. The van der Waals surface area contributed by atoms with Crippen LogP contribution in [0.3, 0.4) is 0 Å². The van der Waals surface area contributed by atoms with Gasteiger partial charge in [-0.3, -0.25) is 34.9 Å². The summed E-state index contributed by atoms with van der Waals surface area (Å²) >= 11 is 0. The van der Waals surface area contributed by atoms with Crippen molar-refractivity contribution in [3.8, 4) is 0 Å². The second-order valence-electron chi connectivity index (χ2n) is 16.3. The minimum atomic E-state index is 1.07. The summed E-state index contributed by atoms with van der Waals surface area (Å²) in [6.45, 7) is 42.4. The molecule has 0 fully saturated rings. The van der Waals surface area contributed by atoms with Gasteiger partial charge in [0.25, 0.3) is 0 Å². The van der Waals surface area contributed by atoms with Crippen LogP contribution in [-0.2, 0) is 0 Å². The average Bonchev–Trinajstić information content (AvgIpc) is 3.57. The first-order chi connectivity index (χ1) is 40.7. The van der Waals surface area contributed by atoms with Crippen molar-refractivity contribution < 1.29 is 0 Å². The van der Waals surface area contributed by atoms with Gasteiger partial charge in [0.2, 0.25) is 0 Å². The van der Waals surface area contributed by atoms with Crippen LogP contribution in [-0.4, -0.2) is 34.9 Å². The van der Waals surface area contributed by atoms with Crippen LogP contribution in [0, 0.1) is 48.5 Å². The van der Waals surface area contributed by atoms with Crippen LogP contribution in [0.1, 0.15) is 136 Å². The van der Waals surface area contributed by atoms with Gasteiger partial charge in [-0.05, 0) is 147 Å². The Hall–Kier alpha value is -8.55. The maximum Gasteiger partial charge on any atom is 0.0731 e. The normalized spacial score (nSPS) is 8.78. The van der Waals surface area contributed by atoms with Gasteiger partial charge in [-0.15, -0.1) is 0 Å². The van der Waals surface area contributed by atoms with Crippen molar-refractivity contribution in [2.24, 2.45) is 0 Å². The minimum Gasteiger partial charge on any atom is -0.264 e. The Morgan fingerprint density at radius 3 is 1.24 bits per heavy atom. The van der Waals surface area contributed by atoms with E-state index < -0.39 is 0 Å². The molecule has 440 valence electrons. The number of aromatic nitrogens is 7. The molecule has 0 unspecified atom stereocenters. The number of para-hydroxylation sites is 1. The standard InChI is InChI=1S/5C10H9N.2C6H7N.7C2H6/c1-8-4-2-6-10-9(8)5-3-7-11-10;1-8-4-2-5-9-6-3-7-11-10(8)9;1-8-3-2-4-9-7-11-6-5-10(8)9;1-8-3-2-4-9-5-6-11-7-10(8)9;1-8-10-5-3-2-4-9(10)6-7-11-8;1-6-3-2-4-7-5-6;1-6-4-2-3-5-7-6;7*1-2/h5*2-7H,1H3;2*2-5H,1H3;7*1-2H3. The van der Waals surface area contributed by atoms with Crippen molar-refractivity contribution in [1.29, 1.82) is 0 Å². The fourth-order valence-corrected chi connectivity index (χ4v) is 7.23. The molecule has 0 N–H and O–H groups in total. The lowest BCUT2D eigenvalue weighted by Gasteiger charge is -1.98. The SMILES string of the molecule is CC.CC.CC.CC.CC.CC.CC.Cc1cccc2cccnc12.Cc1cccc2ccncc12.Cc1cccc2cnccc12.Cc1cccc2ncccc12.Cc1ccccn1.Cc1cccnc1.Cc1nccc2ccccc12. The van der Waals surface area contributed by atoms with Crippen LogP contribution >= 0.6 is 0 Å². The summed E-state index contributed by atoms with van der Waals surface area (Å²) in [4.78, 5) is 28.7. The predicted octanol–water partition coefficient (Wildman–Crippen LogP) is 22.7. The Labute approximate surface area is 502 Å². The summed E-state index contributed by atoms with van der Waals surface area (Å²) in [5, 5.41) is 9.99. The molecule has 7 heterocycles. The average molecular weight is 1110 g/mol. The summed E-state index contributed by atoms with van der Waals surface area (Å²) in [5.41, 5.74) is 10.7. The Morgan fingerprint density at radius 2 is 0.699 bits per heavy atom. The van der Waals surface area contributed by atoms with Crippen molar-refractivity contribution in [2.75, 3.05) is 0 Å². The molecular weight excluding hydrogens is 1010 g/mol. The molecule has 0 amide bonds. The molecule has 0 aliphatic rings. The van der Waals surface area contributed by atoms with E-state index >= 15 is 0 Å². The van der Waals surface area contributed by atoms with E-state index in [1.54, 1.807) is 12.4 Å². The highest BCUT2D eigenvalue weighted by Crippen LogP contribution is 2.18. The molecule has 83 heavy (non-hydrogen) atoms. The van der Waals surface area contributed by atoms with Gasteiger partial charge in [0.1, 0.15) is 0 Å². The predicted molar refractivity (Wildman–Crippen MR) is 370 cm³/mol. The third kappa shape index (κ3) is 29.7. The second-order valence-corrected chi connectivity index (χ2v) is 16.3.